The lowest BCUT2D eigenvalue weighted by Gasteiger charge is -2.05. The van der Waals surface area contributed by atoms with Crippen molar-refractivity contribution in [2.75, 3.05) is 11.9 Å². The van der Waals surface area contributed by atoms with Crippen LogP contribution in [0.1, 0.15) is 26.2 Å². The van der Waals surface area contributed by atoms with Gasteiger partial charge >= 0.3 is 0 Å². The highest BCUT2D eigenvalue weighted by molar-refractivity contribution is 9.10. The number of nitrogens with zero attached hydrogens (tertiary/aromatic N) is 1. The molecular formula is C15H18BrN3O. The van der Waals surface area contributed by atoms with Crippen LogP contribution in [0.15, 0.2) is 40.5 Å². The third kappa shape index (κ3) is 5.89. The number of anilines is 1. The predicted molar refractivity (Wildman–Crippen MR) is 84.0 cm³/mol. The molecule has 5 heteroatoms. The molecule has 1 amide bonds. The van der Waals surface area contributed by atoms with Gasteiger partial charge in [0.15, 0.2) is 0 Å². The minimum Gasteiger partial charge on any atom is -0.390 e. The van der Waals surface area contributed by atoms with Crippen LogP contribution in [-0.2, 0) is 4.79 Å². The van der Waals surface area contributed by atoms with E-state index >= 15 is 0 Å². The van der Waals surface area contributed by atoms with Crippen LogP contribution < -0.4 is 10.6 Å². The monoisotopic (exact) mass is 335 g/mol. The van der Waals surface area contributed by atoms with Crippen molar-refractivity contribution < 1.29 is 4.79 Å². The fraction of sp³-hybridized carbons (Fsp3) is 0.333. The molecule has 2 N–H and O–H groups in total. The summed E-state index contributed by atoms with van der Waals surface area (Å²) in [5.41, 5.74) is 0.731. The molecule has 4 nitrogen and oxygen atoms in total. The van der Waals surface area contributed by atoms with E-state index in [0.29, 0.717) is 5.69 Å². The average Bonchev–Trinajstić information content (AvgIpc) is 2.45. The summed E-state index contributed by atoms with van der Waals surface area (Å²) in [7, 11) is 0. The number of hydrogen-bond acceptors (Lipinski definition) is 3. The topological polar surface area (TPSA) is 64.9 Å². The number of carbonyl (C=O) groups excluding carboxylic acids is 1. The smallest absolute Gasteiger partial charge is 0.267 e. The molecule has 0 saturated heterocycles. The van der Waals surface area contributed by atoms with E-state index in [0.717, 1.165) is 30.3 Å². The van der Waals surface area contributed by atoms with Gasteiger partial charge in [-0.1, -0.05) is 35.7 Å². The Morgan fingerprint density at radius 1 is 1.35 bits per heavy atom. The second-order valence-corrected chi connectivity index (χ2v) is 5.21. The summed E-state index contributed by atoms with van der Waals surface area (Å²) < 4.78 is 0.934. The van der Waals surface area contributed by atoms with Crippen molar-refractivity contribution >= 4 is 27.5 Å². The maximum atomic E-state index is 11.9. The Morgan fingerprint density at radius 3 is 2.65 bits per heavy atom. The van der Waals surface area contributed by atoms with E-state index in [1.807, 2.05) is 18.2 Å². The Hall–Kier alpha value is -1.80. The van der Waals surface area contributed by atoms with Crippen molar-refractivity contribution in [2.24, 2.45) is 0 Å². The lowest BCUT2D eigenvalue weighted by Crippen LogP contribution is -2.17. The molecular weight excluding hydrogens is 318 g/mol. The molecule has 1 aromatic rings. The molecule has 0 spiro atoms. The van der Waals surface area contributed by atoms with Gasteiger partial charge < -0.3 is 10.6 Å². The van der Waals surface area contributed by atoms with Crippen molar-refractivity contribution in [3.63, 3.8) is 0 Å². The quantitative estimate of drug-likeness (QED) is 0.454. The minimum absolute atomic E-state index is 0.0735. The Labute approximate surface area is 128 Å². The average molecular weight is 336 g/mol. The highest BCUT2D eigenvalue weighted by atomic mass is 79.9. The van der Waals surface area contributed by atoms with Gasteiger partial charge in [0.05, 0.1) is 0 Å². The Morgan fingerprint density at radius 2 is 2.05 bits per heavy atom. The molecule has 0 bridgehead atoms. The van der Waals surface area contributed by atoms with E-state index in [1.165, 1.54) is 6.20 Å². The summed E-state index contributed by atoms with van der Waals surface area (Å²) in [6, 6.07) is 9.10. The lowest BCUT2D eigenvalue weighted by atomic mass is 10.2. The van der Waals surface area contributed by atoms with Crippen LogP contribution in [0.25, 0.3) is 0 Å². The number of benzene rings is 1. The van der Waals surface area contributed by atoms with Gasteiger partial charge in [0, 0.05) is 22.9 Å². The van der Waals surface area contributed by atoms with E-state index in [-0.39, 0.29) is 5.57 Å². The molecule has 0 unspecified atom stereocenters. The van der Waals surface area contributed by atoms with E-state index in [1.54, 1.807) is 12.1 Å². The van der Waals surface area contributed by atoms with Crippen LogP contribution in [0, 0.1) is 11.3 Å². The van der Waals surface area contributed by atoms with Gasteiger partial charge in [0.25, 0.3) is 5.91 Å². The van der Waals surface area contributed by atoms with Gasteiger partial charge in [-0.25, -0.2) is 0 Å². The third-order valence-electron chi connectivity index (χ3n) is 2.64. The zero-order valence-electron chi connectivity index (χ0n) is 11.4. The molecule has 0 atom stereocenters. The van der Waals surface area contributed by atoms with Gasteiger partial charge in [-0.05, 0) is 30.7 Å². The molecule has 1 rings (SSSR count). The zero-order valence-corrected chi connectivity index (χ0v) is 13.0. The van der Waals surface area contributed by atoms with Crippen LogP contribution in [0.5, 0.6) is 0 Å². The first-order valence-electron chi connectivity index (χ1n) is 6.58. The highest BCUT2D eigenvalue weighted by Gasteiger charge is 2.08. The first-order chi connectivity index (χ1) is 9.67. The van der Waals surface area contributed by atoms with Gasteiger partial charge in [-0.15, -0.1) is 0 Å². The largest absolute Gasteiger partial charge is 0.390 e. The maximum absolute atomic E-state index is 11.9. The Balaban J connectivity index is 2.52. The fourth-order valence-corrected chi connectivity index (χ4v) is 1.80. The molecule has 0 heterocycles. The van der Waals surface area contributed by atoms with E-state index < -0.39 is 5.91 Å². The van der Waals surface area contributed by atoms with Crippen LogP contribution in [0.2, 0.25) is 0 Å². The highest BCUT2D eigenvalue weighted by Crippen LogP contribution is 2.14. The van der Waals surface area contributed by atoms with Crippen LogP contribution in [0.4, 0.5) is 5.69 Å². The first-order valence-corrected chi connectivity index (χ1v) is 7.37. The molecule has 0 aliphatic carbocycles. The molecule has 106 valence electrons. The summed E-state index contributed by atoms with van der Waals surface area (Å²) in [5.74, 6) is -0.405. The number of nitrogens with one attached hydrogen (secondary N) is 2. The number of nitriles is 1. The van der Waals surface area contributed by atoms with E-state index in [2.05, 4.69) is 33.5 Å². The molecule has 0 saturated carbocycles. The minimum atomic E-state index is -0.405. The van der Waals surface area contributed by atoms with Crippen molar-refractivity contribution in [3.8, 4) is 6.07 Å². The van der Waals surface area contributed by atoms with Gasteiger partial charge in [0.2, 0.25) is 0 Å². The Bertz CT molecular complexity index is 503. The zero-order chi connectivity index (χ0) is 14.8. The second kappa shape index (κ2) is 9.16. The van der Waals surface area contributed by atoms with Crippen LogP contribution in [-0.4, -0.2) is 12.5 Å². The SMILES string of the molecule is CCCCCN/C=C(/C#N)C(=O)Nc1ccc(Br)cc1. The van der Waals surface area contributed by atoms with E-state index in [9.17, 15) is 4.79 Å². The van der Waals surface area contributed by atoms with Gasteiger partial charge in [-0.3, -0.25) is 4.79 Å². The summed E-state index contributed by atoms with van der Waals surface area (Å²) in [5, 5.41) is 14.7. The van der Waals surface area contributed by atoms with Crippen molar-refractivity contribution in [3.05, 3.63) is 40.5 Å². The van der Waals surface area contributed by atoms with Crippen LogP contribution in [0.3, 0.4) is 0 Å². The number of carbonyl (C=O) groups is 1. The number of unbranched alkanes of at least 4 members (excludes halogenated alkanes) is 2. The molecule has 0 radical (unpaired) electrons. The third-order valence-corrected chi connectivity index (χ3v) is 3.17. The fourth-order valence-electron chi connectivity index (χ4n) is 1.53. The number of hydrogen-bond donors (Lipinski definition) is 2. The molecule has 20 heavy (non-hydrogen) atoms. The molecule has 1 aromatic carbocycles. The summed E-state index contributed by atoms with van der Waals surface area (Å²) >= 11 is 3.32. The van der Waals surface area contributed by atoms with E-state index in [4.69, 9.17) is 5.26 Å². The lowest BCUT2D eigenvalue weighted by molar-refractivity contribution is -0.112. The summed E-state index contributed by atoms with van der Waals surface area (Å²) in [6.45, 7) is 2.90. The Kier molecular flexibility index (Phi) is 7.44. The molecule has 0 aromatic heterocycles. The van der Waals surface area contributed by atoms with Crippen LogP contribution >= 0.6 is 15.9 Å². The maximum Gasteiger partial charge on any atom is 0.267 e. The molecule has 0 aliphatic rings. The normalized spacial score (nSPS) is 10.8. The summed E-state index contributed by atoms with van der Waals surface area (Å²) in [6.07, 6.45) is 4.78. The van der Waals surface area contributed by atoms with Crippen molar-refractivity contribution in [1.82, 2.24) is 5.32 Å². The number of amides is 1. The second-order valence-electron chi connectivity index (χ2n) is 4.29. The standard InChI is InChI=1S/C15H18BrN3O/c1-2-3-4-9-18-11-12(10-17)15(20)19-14-7-5-13(16)6-8-14/h5-8,11,18H,2-4,9H2,1H3,(H,19,20)/b12-11-. The van der Waals surface area contributed by atoms with Crippen molar-refractivity contribution in [1.29, 1.82) is 5.26 Å². The van der Waals surface area contributed by atoms with Gasteiger partial charge in [0.1, 0.15) is 11.6 Å². The number of rotatable bonds is 7. The van der Waals surface area contributed by atoms with Gasteiger partial charge in [-0.2, -0.15) is 5.26 Å². The van der Waals surface area contributed by atoms with Crippen molar-refractivity contribution in [2.45, 2.75) is 26.2 Å². The number of halogens is 1. The molecule has 0 fully saturated rings. The molecule has 0 aliphatic heterocycles. The predicted octanol–water partition coefficient (Wildman–Crippen LogP) is 3.57. The first kappa shape index (κ1) is 16.3. The summed E-state index contributed by atoms with van der Waals surface area (Å²) in [4.78, 5) is 11.9.